The van der Waals surface area contributed by atoms with Crippen LogP contribution in [-0.2, 0) is 0 Å². The van der Waals surface area contributed by atoms with E-state index >= 15 is 0 Å². The van der Waals surface area contributed by atoms with E-state index in [1.54, 1.807) is 18.2 Å². The highest BCUT2D eigenvalue weighted by Gasteiger charge is 2.36. The predicted molar refractivity (Wildman–Crippen MR) is 82.5 cm³/mol. The molecule has 1 saturated heterocycles. The fraction of sp³-hybridized carbons (Fsp3) is 0.533. The third-order valence-electron chi connectivity index (χ3n) is 4.43. The maximum absolute atomic E-state index is 12.3. The van der Waals surface area contributed by atoms with E-state index < -0.39 is 0 Å². The number of carbonyl (C=O) groups is 1. The van der Waals surface area contributed by atoms with Crippen molar-refractivity contribution in [2.75, 3.05) is 18.4 Å². The average Bonchev–Trinajstić information content (AvgIpc) is 2.87. The van der Waals surface area contributed by atoms with Crippen molar-refractivity contribution in [3.63, 3.8) is 0 Å². The number of halogens is 2. The van der Waals surface area contributed by atoms with Crippen LogP contribution in [0.3, 0.4) is 0 Å². The Balaban J connectivity index is 1.63. The van der Waals surface area contributed by atoms with Gasteiger partial charge in [0.25, 0.3) is 0 Å². The van der Waals surface area contributed by atoms with Gasteiger partial charge in [-0.05, 0) is 42.9 Å². The number of anilines is 1. The summed E-state index contributed by atoms with van der Waals surface area (Å²) in [6.07, 6.45) is 5.15. The molecule has 1 aliphatic heterocycles. The molecule has 5 heteroatoms. The normalized spacial score (nSPS) is 25.4. The van der Waals surface area contributed by atoms with Gasteiger partial charge in [0.1, 0.15) is 0 Å². The highest BCUT2D eigenvalue weighted by Crippen LogP contribution is 2.36. The lowest BCUT2D eigenvalue weighted by Crippen LogP contribution is -2.33. The topological polar surface area (TPSA) is 32.3 Å². The Bertz CT molecular complexity index is 507. The molecule has 0 radical (unpaired) electrons. The molecule has 1 N–H and O–H groups in total. The molecule has 0 aromatic heterocycles. The van der Waals surface area contributed by atoms with E-state index in [-0.39, 0.29) is 6.03 Å². The van der Waals surface area contributed by atoms with Gasteiger partial charge in [-0.2, -0.15) is 0 Å². The minimum absolute atomic E-state index is 0.0298. The first-order valence-electron chi connectivity index (χ1n) is 7.14. The lowest BCUT2D eigenvalue weighted by atomic mass is 9.82. The third kappa shape index (κ3) is 2.89. The average molecular weight is 313 g/mol. The van der Waals surface area contributed by atoms with Crippen LogP contribution < -0.4 is 5.32 Å². The lowest BCUT2D eigenvalue weighted by molar-refractivity contribution is 0.220. The van der Waals surface area contributed by atoms with Crippen LogP contribution in [0.1, 0.15) is 25.7 Å². The smallest absolute Gasteiger partial charge is 0.321 e. The summed E-state index contributed by atoms with van der Waals surface area (Å²) in [4.78, 5) is 14.2. The number of likely N-dealkylation sites (tertiary alicyclic amines) is 1. The van der Waals surface area contributed by atoms with Gasteiger partial charge < -0.3 is 10.2 Å². The second-order valence-electron chi connectivity index (χ2n) is 5.77. The van der Waals surface area contributed by atoms with Gasteiger partial charge in [0.15, 0.2) is 0 Å². The minimum Gasteiger partial charge on any atom is -0.324 e. The van der Waals surface area contributed by atoms with Gasteiger partial charge >= 0.3 is 6.03 Å². The predicted octanol–water partition coefficient (Wildman–Crippen LogP) is 4.65. The number of rotatable bonds is 1. The number of hydrogen-bond donors (Lipinski definition) is 1. The van der Waals surface area contributed by atoms with Crippen molar-refractivity contribution in [3.8, 4) is 0 Å². The van der Waals surface area contributed by atoms with Crippen molar-refractivity contribution in [2.24, 2.45) is 11.8 Å². The second kappa shape index (κ2) is 5.82. The van der Waals surface area contributed by atoms with Crippen molar-refractivity contribution < 1.29 is 4.79 Å². The summed E-state index contributed by atoms with van der Waals surface area (Å²) < 4.78 is 0. The molecule has 1 heterocycles. The Labute approximate surface area is 129 Å². The molecule has 1 aromatic carbocycles. The zero-order chi connectivity index (χ0) is 14.1. The number of carbonyl (C=O) groups excluding carboxylic acids is 1. The van der Waals surface area contributed by atoms with Crippen LogP contribution in [0.25, 0.3) is 0 Å². The number of nitrogens with one attached hydrogen (secondary N) is 1. The first-order chi connectivity index (χ1) is 9.63. The molecule has 0 spiro atoms. The maximum atomic E-state index is 12.3. The Morgan fingerprint density at radius 2 is 1.75 bits per heavy atom. The summed E-state index contributed by atoms with van der Waals surface area (Å²) in [5.74, 6) is 1.40. The van der Waals surface area contributed by atoms with E-state index in [9.17, 15) is 4.79 Å². The van der Waals surface area contributed by atoms with E-state index in [1.807, 2.05) is 4.90 Å². The van der Waals surface area contributed by atoms with Crippen LogP contribution in [0, 0.1) is 11.8 Å². The second-order valence-corrected chi connectivity index (χ2v) is 6.58. The molecule has 20 heavy (non-hydrogen) atoms. The van der Waals surface area contributed by atoms with Gasteiger partial charge in [0, 0.05) is 18.8 Å². The third-order valence-corrected chi connectivity index (χ3v) is 5.17. The molecule has 2 amide bonds. The fourth-order valence-electron chi connectivity index (χ4n) is 3.35. The fourth-order valence-corrected chi connectivity index (χ4v) is 3.65. The Kier molecular flexibility index (Phi) is 4.08. The zero-order valence-electron chi connectivity index (χ0n) is 11.2. The first kappa shape index (κ1) is 14.0. The Morgan fingerprint density at radius 3 is 2.35 bits per heavy atom. The standard InChI is InChI=1S/C15H18Cl2N2O/c16-13-6-5-12(7-14(13)17)18-15(20)19-8-10-3-1-2-4-11(10)9-19/h5-7,10-11H,1-4,8-9H2,(H,18,20). The SMILES string of the molecule is O=C(Nc1ccc(Cl)c(Cl)c1)N1CC2CCCCC2C1. The van der Waals surface area contributed by atoms with Crippen LogP contribution in [0.5, 0.6) is 0 Å². The van der Waals surface area contributed by atoms with E-state index in [4.69, 9.17) is 23.2 Å². The molecule has 3 nitrogen and oxygen atoms in total. The number of fused-ring (bicyclic) bond motifs is 1. The summed E-state index contributed by atoms with van der Waals surface area (Å²) >= 11 is 11.8. The zero-order valence-corrected chi connectivity index (χ0v) is 12.8. The quantitative estimate of drug-likeness (QED) is 0.804. The molecule has 2 fully saturated rings. The van der Waals surface area contributed by atoms with Gasteiger partial charge in [0.05, 0.1) is 10.0 Å². The summed E-state index contributed by atoms with van der Waals surface area (Å²) in [6.45, 7) is 1.77. The molecule has 0 bridgehead atoms. The number of amides is 2. The highest BCUT2D eigenvalue weighted by atomic mass is 35.5. The summed E-state index contributed by atoms with van der Waals surface area (Å²) in [6, 6.07) is 5.13. The van der Waals surface area contributed by atoms with E-state index in [0.29, 0.717) is 27.6 Å². The van der Waals surface area contributed by atoms with Crippen LogP contribution >= 0.6 is 23.2 Å². The lowest BCUT2D eigenvalue weighted by Gasteiger charge is -2.22. The van der Waals surface area contributed by atoms with Crippen LogP contribution in [0.2, 0.25) is 10.0 Å². The van der Waals surface area contributed by atoms with Crippen molar-refractivity contribution in [1.29, 1.82) is 0 Å². The highest BCUT2D eigenvalue weighted by molar-refractivity contribution is 6.42. The molecular formula is C15H18Cl2N2O. The van der Waals surface area contributed by atoms with Crippen LogP contribution in [-0.4, -0.2) is 24.0 Å². The van der Waals surface area contributed by atoms with Crippen molar-refractivity contribution >= 4 is 34.9 Å². The Morgan fingerprint density at radius 1 is 1.10 bits per heavy atom. The van der Waals surface area contributed by atoms with Gasteiger partial charge in [-0.25, -0.2) is 4.79 Å². The van der Waals surface area contributed by atoms with Crippen molar-refractivity contribution in [3.05, 3.63) is 28.2 Å². The summed E-state index contributed by atoms with van der Waals surface area (Å²) in [5.41, 5.74) is 0.694. The van der Waals surface area contributed by atoms with E-state index in [2.05, 4.69) is 5.32 Å². The molecular weight excluding hydrogens is 295 g/mol. The summed E-state index contributed by atoms with van der Waals surface area (Å²) in [5, 5.41) is 3.86. The Hall–Kier alpha value is -0.930. The number of benzene rings is 1. The summed E-state index contributed by atoms with van der Waals surface area (Å²) in [7, 11) is 0. The van der Waals surface area contributed by atoms with E-state index in [1.165, 1.54) is 25.7 Å². The largest absolute Gasteiger partial charge is 0.324 e. The molecule has 3 rings (SSSR count). The van der Waals surface area contributed by atoms with Crippen molar-refractivity contribution in [1.82, 2.24) is 4.90 Å². The molecule has 1 aliphatic carbocycles. The van der Waals surface area contributed by atoms with Crippen LogP contribution in [0.4, 0.5) is 10.5 Å². The molecule has 1 aromatic rings. The van der Waals surface area contributed by atoms with Crippen molar-refractivity contribution in [2.45, 2.75) is 25.7 Å². The monoisotopic (exact) mass is 312 g/mol. The van der Waals surface area contributed by atoms with Gasteiger partial charge in [-0.1, -0.05) is 36.0 Å². The van der Waals surface area contributed by atoms with Gasteiger partial charge in [-0.3, -0.25) is 0 Å². The minimum atomic E-state index is -0.0298. The molecule has 2 atom stereocenters. The first-order valence-corrected chi connectivity index (χ1v) is 7.90. The van der Waals surface area contributed by atoms with Gasteiger partial charge in [0.2, 0.25) is 0 Å². The van der Waals surface area contributed by atoms with E-state index in [0.717, 1.165) is 13.1 Å². The maximum Gasteiger partial charge on any atom is 0.321 e. The number of urea groups is 1. The molecule has 1 saturated carbocycles. The van der Waals surface area contributed by atoms with Crippen LogP contribution in [0.15, 0.2) is 18.2 Å². The number of hydrogen-bond acceptors (Lipinski definition) is 1. The number of nitrogens with zero attached hydrogens (tertiary/aromatic N) is 1. The molecule has 2 unspecified atom stereocenters. The molecule has 2 aliphatic rings. The molecule has 108 valence electrons. The van der Waals surface area contributed by atoms with Gasteiger partial charge in [-0.15, -0.1) is 0 Å².